The number of rotatable bonds is 3. The summed E-state index contributed by atoms with van der Waals surface area (Å²) in [5, 5.41) is 2.05. The van der Waals surface area contributed by atoms with Crippen molar-refractivity contribution >= 4 is 34.6 Å². The van der Waals surface area contributed by atoms with Crippen LogP contribution in [0.15, 0.2) is 29.6 Å². The molecule has 0 radical (unpaired) electrons. The largest absolute Gasteiger partial charge is 0.457 e. The summed E-state index contributed by atoms with van der Waals surface area (Å²) in [6.45, 7) is -0.0905. The fourth-order valence-corrected chi connectivity index (χ4v) is 2.23. The number of carbonyl (C=O) groups is 1. The molecule has 1 aromatic carbocycles. The molecule has 2 N–H and O–H groups in total. The van der Waals surface area contributed by atoms with Crippen molar-refractivity contribution in [1.82, 2.24) is 0 Å². The summed E-state index contributed by atoms with van der Waals surface area (Å²) in [7, 11) is 0. The van der Waals surface area contributed by atoms with Crippen LogP contribution in [0.5, 0.6) is 0 Å². The van der Waals surface area contributed by atoms with Crippen molar-refractivity contribution in [3.05, 3.63) is 50.9 Å². The van der Waals surface area contributed by atoms with E-state index in [4.69, 9.17) is 22.1 Å². The van der Waals surface area contributed by atoms with Gasteiger partial charge in [-0.2, -0.15) is 0 Å². The highest BCUT2D eigenvalue weighted by molar-refractivity contribution is 7.12. The van der Waals surface area contributed by atoms with Gasteiger partial charge in [-0.05, 0) is 29.6 Å². The Kier molecular flexibility index (Phi) is 3.84. The van der Waals surface area contributed by atoms with Crippen LogP contribution in [0, 0.1) is 5.82 Å². The second kappa shape index (κ2) is 5.37. The summed E-state index contributed by atoms with van der Waals surface area (Å²) in [5.74, 6) is -0.969. The second-order valence-electron chi connectivity index (χ2n) is 3.52. The summed E-state index contributed by atoms with van der Waals surface area (Å²) < 4.78 is 18.0. The number of carbonyl (C=O) groups excluding carboxylic acids is 1. The Labute approximate surface area is 112 Å². The number of esters is 1. The molecule has 94 valence electrons. The number of ether oxygens (including phenoxy) is 1. The van der Waals surface area contributed by atoms with Crippen LogP contribution in [0.25, 0.3) is 0 Å². The van der Waals surface area contributed by atoms with E-state index in [1.165, 1.54) is 29.5 Å². The van der Waals surface area contributed by atoms with Crippen LogP contribution < -0.4 is 5.73 Å². The lowest BCUT2D eigenvalue weighted by atomic mass is 10.2. The number of thiophene rings is 1. The Morgan fingerprint density at radius 3 is 2.89 bits per heavy atom. The molecular weight excluding hydrogens is 277 g/mol. The van der Waals surface area contributed by atoms with E-state index in [2.05, 4.69) is 0 Å². The molecule has 1 aromatic heterocycles. The van der Waals surface area contributed by atoms with Gasteiger partial charge in [0.05, 0.1) is 5.69 Å². The van der Waals surface area contributed by atoms with Gasteiger partial charge in [-0.25, -0.2) is 9.18 Å². The fraction of sp³-hybridized carbons (Fsp3) is 0.0833. The third kappa shape index (κ3) is 2.80. The Bertz CT molecular complexity index is 585. The Morgan fingerprint density at radius 2 is 2.22 bits per heavy atom. The molecule has 0 amide bonds. The van der Waals surface area contributed by atoms with E-state index in [0.29, 0.717) is 21.2 Å². The van der Waals surface area contributed by atoms with Gasteiger partial charge in [-0.1, -0.05) is 11.6 Å². The molecule has 18 heavy (non-hydrogen) atoms. The summed E-state index contributed by atoms with van der Waals surface area (Å²) >= 11 is 7.05. The van der Waals surface area contributed by atoms with Crippen molar-refractivity contribution in [1.29, 1.82) is 0 Å². The molecule has 1 heterocycles. The predicted molar refractivity (Wildman–Crippen MR) is 69.3 cm³/mol. The summed E-state index contributed by atoms with van der Waals surface area (Å²) in [6, 6.07) is 5.51. The Morgan fingerprint density at radius 1 is 1.44 bits per heavy atom. The topological polar surface area (TPSA) is 52.3 Å². The monoisotopic (exact) mass is 285 g/mol. The standard InChI is InChI=1S/C12H9ClFNO2S/c13-9-2-1-8(14)5-7(9)6-17-12(16)11-10(15)3-4-18-11/h1-5H,6,15H2. The lowest BCUT2D eigenvalue weighted by molar-refractivity contribution is 0.0479. The van der Waals surface area contributed by atoms with Crippen molar-refractivity contribution in [3.8, 4) is 0 Å². The van der Waals surface area contributed by atoms with Crippen molar-refractivity contribution < 1.29 is 13.9 Å². The molecule has 0 bridgehead atoms. The van der Waals surface area contributed by atoms with Gasteiger partial charge in [-0.3, -0.25) is 0 Å². The van der Waals surface area contributed by atoms with E-state index >= 15 is 0 Å². The summed E-state index contributed by atoms with van der Waals surface area (Å²) in [5.41, 5.74) is 6.38. The van der Waals surface area contributed by atoms with Crippen molar-refractivity contribution in [2.75, 3.05) is 5.73 Å². The van der Waals surface area contributed by atoms with E-state index in [1.54, 1.807) is 11.4 Å². The summed E-state index contributed by atoms with van der Waals surface area (Å²) in [6.07, 6.45) is 0. The molecule has 0 unspecified atom stereocenters. The number of nitrogen functional groups attached to an aromatic ring is 1. The molecule has 0 aliphatic rings. The first kappa shape index (κ1) is 12.9. The van der Waals surface area contributed by atoms with Gasteiger partial charge in [0, 0.05) is 10.6 Å². The molecule has 2 rings (SSSR count). The highest BCUT2D eigenvalue weighted by atomic mass is 35.5. The lowest BCUT2D eigenvalue weighted by Gasteiger charge is -2.06. The number of hydrogen-bond donors (Lipinski definition) is 1. The zero-order valence-corrected chi connectivity index (χ0v) is 10.7. The number of benzene rings is 1. The van der Waals surface area contributed by atoms with Crippen molar-refractivity contribution in [2.24, 2.45) is 0 Å². The van der Waals surface area contributed by atoms with Gasteiger partial charge in [-0.15, -0.1) is 11.3 Å². The zero-order chi connectivity index (χ0) is 13.1. The van der Waals surface area contributed by atoms with E-state index in [9.17, 15) is 9.18 Å². The number of nitrogens with two attached hydrogens (primary N) is 1. The first-order valence-corrected chi connectivity index (χ1v) is 6.27. The molecule has 0 spiro atoms. The Hall–Kier alpha value is -1.59. The second-order valence-corrected chi connectivity index (χ2v) is 4.84. The molecule has 0 saturated carbocycles. The molecule has 0 aliphatic heterocycles. The molecule has 0 fully saturated rings. The maximum atomic E-state index is 13.0. The quantitative estimate of drug-likeness (QED) is 0.879. The van der Waals surface area contributed by atoms with Crippen LogP contribution in [0.1, 0.15) is 15.2 Å². The number of anilines is 1. The first-order valence-electron chi connectivity index (χ1n) is 5.02. The van der Waals surface area contributed by atoms with Gasteiger partial charge in [0.2, 0.25) is 0 Å². The molecular formula is C12H9ClFNO2S. The van der Waals surface area contributed by atoms with Gasteiger partial charge >= 0.3 is 5.97 Å². The molecule has 6 heteroatoms. The minimum Gasteiger partial charge on any atom is -0.457 e. The van der Waals surface area contributed by atoms with Crippen LogP contribution in [0.2, 0.25) is 5.02 Å². The molecule has 3 nitrogen and oxygen atoms in total. The lowest BCUT2D eigenvalue weighted by Crippen LogP contribution is -2.06. The third-order valence-electron chi connectivity index (χ3n) is 2.25. The third-order valence-corrected chi connectivity index (χ3v) is 3.53. The summed E-state index contributed by atoms with van der Waals surface area (Å²) in [4.78, 5) is 12.0. The van der Waals surface area contributed by atoms with Crippen LogP contribution >= 0.6 is 22.9 Å². The van der Waals surface area contributed by atoms with Gasteiger partial charge in [0.15, 0.2) is 0 Å². The highest BCUT2D eigenvalue weighted by Gasteiger charge is 2.13. The van der Waals surface area contributed by atoms with Gasteiger partial charge < -0.3 is 10.5 Å². The maximum Gasteiger partial charge on any atom is 0.350 e. The maximum absolute atomic E-state index is 13.0. The van der Waals surface area contributed by atoms with Crippen LogP contribution in [-0.2, 0) is 11.3 Å². The van der Waals surface area contributed by atoms with Crippen molar-refractivity contribution in [3.63, 3.8) is 0 Å². The molecule has 2 aromatic rings. The van der Waals surface area contributed by atoms with Crippen LogP contribution in [0.3, 0.4) is 0 Å². The molecule has 0 atom stereocenters. The van der Waals surface area contributed by atoms with Crippen LogP contribution in [-0.4, -0.2) is 5.97 Å². The predicted octanol–water partition coefficient (Wildman–Crippen LogP) is 3.48. The number of hydrogen-bond acceptors (Lipinski definition) is 4. The van der Waals surface area contributed by atoms with E-state index in [0.717, 1.165) is 0 Å². The molecule has 0 aliphatic carbocycles. The minimum absolute atomic E-state index is 0.0905. The Balaban J connectivity index is 2.06. The average Bonchev–Trinajstić information content (AvgIpc) is 2.76. The van der Waals surface area contributed by atoms with E-state index in [-0.39, 0.29) is 6.61 Å². The van der Waals surface area contributed by atoms with Gasteiger partial charge in [0.25, 0.3) is 0 Å². The van der Waals surface area contributed by atoms with E-state index in [1.807, 2.05) is 0 Å². The van der Waals surface area contributed by atoms with Crippen molar-refractivity contribution in [2.45, 2.75) is 6.61 Å². The van der Waals surface area contributed by atoms with E-state index < -0.39 is 11.8 Å². The normalized spacial score (nSPS) is 10.3. The zero-order valence-electron chi connectivity index (χ0n) is 9.15. The highest BCUT2D eigenvalue weighted by Crippen LogP contribution is 2.22. The van der Waals surface area contributed by atoms with Gasteiger partial charge in [0.1, 0.15) is 17.3 Å². The molecule has 0 saturated heterocycles. The first-order chi connectivity index (χ1) is 8.58. The minimum atomic E-state index is -0.539. The smallest absolute Gasteiger partial charge is 0.350 e. The SMILES string of the molecule is Nc1ccsc1C(=O)OCc1cc(F)ccc1Cl. The fourth-order valence-electron chi connectivity index (χ4n) is 1.35. The number of halogens is 2. The average molecular weight is 286 g/mol. The van der Waals surface area contributed by atoms with Crippen LogP contribution in [0.4, 0.5) is 10.1 Å².